The molecule has 1 aromatic carbocycles. The van der Waals surface area contributed by atoms with E-state index in [4.69, 9.17) is 14.6 Å². The van der Waals surface area contributed by atoms with Gasteiger partial charge in [0.15, 0.2) is 0 Å². The first-order valence-corrected chi connectivity index (χ1v) is 11.1. The summed E-state index contributed by atoms with van der Waals surface area (Å²) in [4.78, 5) is 11.8. The highest BCUT2D eigenvalue weighted by Crippen LogP contribution is 2.49. The molecule has 1 spiro atoms. The molecule has 2 fully saturated rings. The number of carboxylic acid groups (broad SMARTS) is 1. The van der Waals surface area contributed by atoms with Gasteiger partial charge in [0.25, 0.3) is 0 Å². The van der Waals surface area contributed by atoms with Crippen LogP contribution in [0.15, 0.2) is 29.2 Å². The van der Waals surface area contributed by atoms with Crippen LogP contribution < -0.4 is 0 Å². The van der Waals surface area contributed by atoms with Crippen molar-refractivity contribution in [2.24, 2.45) is 5.92 Å². The Bertz CT molecular complexity index is 888. The molecule has 7 nitrogen and oxygen atoms in total. The van der Waals surface area contributed by atoms with E-state index in [-0.39, 0.29) is 0 Å². The smallest absolute Gasteiger partial charge is 0.475 e. The van der Waals surface area contributed by atoms with Gasteiger partial charge in [-0.25, -0.2) is 13.2 Å². The molecule has 1 unspecified atom stereocenters. The number of halogens is 3. The van der Waals surface area contributed by atoms with E-state index < -0.39 is 27.7 Å². The second-order valence-corrected chi connectivity index (χ2v) is 9.66. The van der Waals surface area contributed by atoms with Gasteiger partial charge in [-0.15, -0.1) is 0 Å². The molecule has 4 rings (SSSR count). The zero-order valence-corrected chi connectivity index (χ0v) is 17.4. The first-order chi connectivity index (χ1) is 14.0. The van der Waals surface area contributed by atoms with Crippen molar-refractivity contribution in [1.82, 2.24) is 9.21 Å². The molecule has 30 heavy (non-hydrogen) atoms. The summed E-state index contributed by atoms with van der Waals surface area (Å²) >= 11 is 0. The summed E-state index contributed by atoms with van der Waals surface area (Å²) in [6.45, 7) is 3.75. The van der Waals surface area contributed by atoms with E-state index in [1.807, 2.05) is 18.2 Å². The number of hydrogen-bond acceptors (Lipinski definition) is 5. The van der Waals surface area contributed by atoms with Gasteiger partial charge in [0.2, 0.25) is 10.0 Å². The predicted molar refractivity (Wildman–Crippen MR) is 101 cm³/mol. The molecule has 2 aliphatic heterocycles. The highest BCUT2D eigenvalue weighted by atomic mass is 32.2. The summed E-state index contributed by atoms with van der Waals surface area (Å²) in [5, 5.41) is 7.12. The lowest BCUT2D eigenvalue weighted by molar-refractivity contribution is -0.192. The molecule has 0 radical (unpaired) electrons. The van der Waals surface area contributed by atoms with E-state index in [0.29, 0.717) is 18.0 Å². The van der Waals surface area contributed by atoms with Crippen molar-refractivity contribution in [3.05, 3.63) is 29.8 Å². The molecule has 168 valence electrons. The Morgan fingerprint density at radius 2 is 1.93 bits per heavy atom. The normalized spacial score (nSPS) is 25.7. The van der Waals surface area contributed by atoms with Gasteiger partial charge in [0.05, 0.1) is 17.0 Å². The van der Waals surface area contributed by atoms with Crippen LogP contribution in [0.25, 0.3) is 0 Å². The van der Waals surface area contributed by atoms with Gasteiger partial charge in [0.1, 0.15) is 0 Å². The first-order valence-electron chi connectivity index (χ1n) is 9.66. The maximum absolute atomic E-state index is 13.0. The molecule has 0 bridgehead atoms. The van der Waals surface area contributed by atoms with Crippen molar-refractivity contribution < 1.29 is 36.2 Å². The van der Waals surface area contributed by atoms with E-state index in [1.54, 1.807) is 17.5 Å². The Morgan fingerprint density at radius 1 is 1.30 bits per heavy atom. The lowest BCUT2D eigenvalue weighted by atomic mass is 9.89. The van der Waals surface area contributed by atoms with Crippen molar-refractivity contribution in [2.45, 2.75) is 35.9 Å². The zero-order chi connectivity index (χ0) is 22.2. The number of hydrogen-bond donors (Lipinski definition) is 1. The zero-order valence-electron chi connectivity index (χ0n) is 16.6. The highest BCUT2D eigenvalue weighted by Gasteiger charge is 2.56. The van der Waals surface area contributed by atoms with E-state index in [2.05, 4.69) is 4.90 Å². The quantitative estimate of drug-likeness (QED) is 0.741. The number of aliphatic carboxylic acids is 1. The molecular formula is C19H25F3N2O5S. The molecule has 2 heterocycles. The number of carboxylic acids is 1. The number of methoxy groups -OCH3 is 1. The third-order valence-electron chi connectivity index (χ3n) is 5.71. The Balaban J connectivity index is 0.000000318. The summed E-state index contributed by atoms with van der Waals surface area (Å²) in [5.41, 5.74) is 0.581. The molecule has 1 aliphatic carbocycles. The number of sulfonamides is 1. The maximum atomic E-state index is 13.0. The van der Waals surface area contributed by atoms with Gasteiger partial charge in [-0.3, -0.25) is 0 Å². The number of carbonyl (C=O) groups is 1. The lowest BCUT2D eigenvalue weighted by Gasteiger charge is -2.34. The maximum Gasteiger partial charge on any atom is 0.490 e. The SMILES string of the molecule is COCCN1C2(CCN(CC3CC3)C2)c2ccccc2S1(=O)=O.O=C(O)C(F)(F)F. The molecule has 11 heteroatoms. The molecule has 1 aromatic rings. The van der Waals surface area contributed by atoms with Crippen molar-refractivity contribution in [1.29, 1.82) is 0 Å². The number of benzene rings is 1. The van der Waals surface area contributed by atoms with Crippen molar-refractivity contribution in [2.75, 3.05) is 39.9 Å². The Hall–Kier alpha value is -1.69. The fourth-order valence-corrected chi connectivity index (χ4v) is 6.23. The molecule has 3 aliphatic rings. The number of ether oxygens (including phenoxy) is 1. The van der Waals surface area contributed by atoms with Crippen LogP contribution in [0.1, 0.15) is 24.8 Å². The minimum atomic E-state index is -5.08. The van der Waals surface area contributed by atoms with Crippen LogP contribution in [0.5, 0.6) is 0 Å². The van der Waals surface area contributed by atoms with E-state index >= 15 is 0 Å². The van der Waals surface area contributed by atoms with Crippen LogP contribution in [0.2, 0.25) is 0 Å². The van der Waals surface area contributed by atoms with Gasteiger partial charge in [-0.1, -0.05) is 18.2 Å². The number of nitrogens with zero attached hydrogens (tertiary/aromatic N) is 2. The fourth-order valence-electron chi connectivity index (χ4n) is 4.18. The van der Waals surface area contributed by atoms with E-state index in [9.17, 15) is 21.6 Å². The molecule has 0 amide bonds. The van der Waals surface area contributed by atoms with Crippen LogP contribution >= 0.6 is 0 Å². The van der Waals surface area contributed by atoms with E-state index in [1.165, 1.54) is 12.8 Å². The van der Waals surface area contributed by atoms with Crippen molar-refractivity contribution in [3.63, 3.8) is 0 Å². The van der Waals surface area contributed by atoms with Crippen LogP contribution in [-0.2, 0) is 25.1 Å². The minimum absolute atomic E-state index is 0.400. The average Bonchev–Trinajstić information content (AvgIpc) is 3.35. The summed E-state index contributed by atoms with van der Waals surface area (Å²) < 4.78 is 64.7. The number of likely N-dealkylation sites (tertiary alicyclic amines) is 1. The summed E-state index contributed by atoms with van der Waals surface area (Å²) in [6, 6.07) is 7.53. The van der Waals surface area contributed by atoms with Crippen LogP contribution in [0, 0.1) is 5.92 Å². The molecule has 1 saturated carbocycles. The second kappa shape index (κ2) is 8.45. The molecular weight excluding hydrogens is 425 g/mol. The Kier molecular flexibility index (Phi) is 6.47. The van der Waals surface area contributed by atoms with Crippen molar-refractivity contribution in [3.8, 4) is 0 Å². The minimum Gasteiger partial charge on any atom is -0.475 e. The van der Waals surface area contributed by atoms with Crippen molar-refractivity contribution >= 4 is 16.0 Å². The third kappa shape index (κ3) is 4.48. The largest absolute Gasteiger partial charge is 0.490 e. The number of fused-ring (bicyclic) bond motifs is 2. The van der Waals surface area contributed by atoms with E-state index in [0.717, 1.165) is 37.5 Å². The summed E-state index contributed by atoms with van der Waals surface area (Å²) in [7, 11) is -1.80. The fraction of sp³-hybridized carbons (Fsp3) is 0.632. The molecule has 1 N–H and O–H groups in total. The van der Waals surface area contributed by atoms with Gasteiger partial charge in [-0.2, -0.15) is 17.5 Å². The lowest BCUT2D eigenvalue weighted by Crippen LogP contribution is -2.47. The van der Waals surface area contributed by atoms with Gasteiger partial charge in [0, 0.05) is 33.3 Å². The van der Waals surface area contributed by atoms with Crippen LogP contribution in [0.4, 0.5) is 13.2 Å². The Morgan fingerprint density at radius 3 is 2.50 bits per heavy atom. The van der Waals surface area contributed by atoms with Gasteiger partial charge >= 0.3 is 12.1 Å². The predicted octanol–water partition coefficient (Wildman–Crippen LogP) is 2.28. The Labute approximate surface area is 173 Å². The third-order valence-corrected chi connectivity index (χ3v) is 7.74. The average molecular weight is 450 g/mol. The van der Waals surface area contributed by atoms with Gasteiger partial charge in [-0.05, 0) is 36.8 Å². The number of alkyl halides is 3. The highest BCUT2D eigenvalue weighted by molar-refractivity contribution is 7.89. The van der Waals surface area contributed by atoms with Crippen LogP contribution in [0.3, 0.4) is 0 Å². The topological polar surface area (TPSA) is 87.2 Å². The molecule has 1 saturated heterocycles. The standard InChI is InChI=1S/C17H24N2O3S.C2HF3O2/c1-22-11-10-19-17(8-9-18(13-17)12-14-6-7-14)15-4-2-3-5-16(15)23(19,20)21;3-2(4,5)1(6)7/h2-5,14H,6-13H2,1H3;(H,6,7). The van der Waals surface area contributed by atoms with Crippen LogP contribution in [-0.4, -0.2) is 74.8 Å². The van der Waals surface area contributed by atoms with Gasteiger partial charge < -0.3 is 14.7 Å². The summed E-state index contributed by atoms with van der Waals surface area (Å²) in [5.74, 6) is -1.93. The second-order valence-electron chi connectivity index (χ2n) is 7.83. The molecule has 0 aromatic heterocycles. The molecule has 1 atom stereocenters. The number of rotatable bonds is 5. The summed E-state index contributed by atoms with van der Waals surface area (Å²) in [6.07, 6.45) is -1.56. The monoisotopic (exact) mass is 450 g/mol. The first kappa shape index (κ1) is 23.0.